The van der Waals surface area contributed by atoms with Gasteiger partial charge in [-0.1, -0.05) is 6.92 Å². The molecular formula is C13H14BrN3O4. The molecular weight excluding hydrogens is 342 g/mol. The van der Waals surface area contributed by atoms with Crippen LogP contribution in [-0.2, 0) is 4.79 Å². The van der Waals surface area contributed by atoms with Crippen LogP contribution in [-0.4, -0.2) is 40.8 Å². The summed E-state index contributed by atoms with van der Waals surface area (Å²) in [6.45, 7) is 2.60. The molecule has 1 atom stereocenters. The zero-order valence-electron chi connectivity index (χ0n) is 11.3. The van der Waals surface area contributed by atoms with Crippen molar-refractivity contribution in [2.24, 2.45) is 0 Å². The summed E-state index contributed by atoms with van der Waals surface area (Å²) >= 11 is 3.08. The average molecular weight is 356 g/mol. The normalized spacial score (nSPS) is 18.3. The molecule has 7 nitrogen and oxygen atoms in total. The molecule has 112 valence electrons. The van der Waals surface area contributed by atoms with Crippen molar-refractivity contribution < 1.29 is 14.5 Å². The van der Waals surface area contributed by atoms with Crippen molar-refractivity contribution in [1.82, 2.24) is 10.2 Å². The second-order valence-corrected chi connectivity index (χ2v) is 5.49. The number of amides is 2. The number of hydrogen-bond acceptors (Lipinski definition) is 4. The van der Waals surface area contributed by atoms with Crippen LogP contribution in [0, 0.1) is 10.1 Å². The maximum absolute atomic E-state index is 12.5. The summed E-state index contributed by atoms with van der Waals surface area (Å²) in [6.07, 6.45) is 0.496. The first-order valence-electron chi connectivity index (χ1n) is 6.48. The maximum atomic E-state index is 12.5. The summed E-state index contributed by atoms with van der Waals surface area (Å²) in [5.74, 6) is -0.559. The lowest BCUT2D eigenvalue weighted by molar-refractivity contribution is -0.385. The summed E-state index contributed by atoms with van der Waals surface area (Å²) in [5, 5.41) is 13.6. The van der Waals surface area contributed by atoms with E-state index < -0.39 is 11.0 Å². The molecule has 2 rings (SSSR count). The van der Waals surface area contributed by atoms with Crippen molar-refractivity contribution >= 4 is 33.4 Å². The number of nitrogens with zero attached hydrogens (tertiary/aromatic N) is 2. The lowest BCUT2D eigenvalue weighted by Crippen LogP contribution is -2.56. The van der Waals surface area contributed by atoms with E-state index in [9.17, 15) is 19.7 Å². The predicted molar refractivity (Wildman–Crippen MR) is 78.9 cm³/mol. The number of halogens is 1. The van der Waals surface area contributed by atoms with E-state index in [0.717, 1.165) is 0 Å². The summed E-state index contributed by atoms with van der Waals surface area (Å²) in [7, 11) is 0. The molecule has 0 aromatic heterocycles. The van der Waals surface area contributed by atoms with E-state index in [1.165, 1.54) is 23.1 Å². The Labute approximate surface area is 129 Å². The number of nitrogens with one attached hydrogen (secondary N) is 1. The van der Waals surface area contributed by atoms with Crippen molar-refractivity contribution in [2.45, 2.75) is 19.4 Å². The second-order valence-electron chi connectivity index (χ2n) is 4.64. The van der Waals surface area contributed by atoms with Crippen LogP contribution in [0.15, 0.2) is 22.7 Å². The van der Waals surface area contributed by atoms with Gasteiger partial charge < -0.3 is 10.2 Å². The molecule has 2 amide bonds. The summed E-state index contributed by atoms with van der Waals surface area (Å²) in [4.78, 5) is 36.1. The van der Waals surface area contributed by atoms with Gasteiger partial charge in [-0.05, 0) is 34.5 Å². The highest BCUT2D eigenvalue weighted by atomic mass is 79.9. The Morgan fingerprint density at radius 2 is 2.29 bits per heavy atom. The molecule has 1 N–H and O–H groups in total. The van der Waals surface area contributed by atoms with Crippen molar-refractivity contribution in [3.05, 3.63) is 38.3 Å². The minimum atomic E-state index is -0.554. The average Bonchev–Trinajstić information content (AvgIpc) is 2.46. The van der Waals surface area contributed by atoms with Crippen LogP contribution in [0.25, 0.3) is 0 Å². The second kappa shape index (κ2) is 6.21. The monoisotopic (exact) mass is 355 g/mol. The van der Waals surface area contributed by atoms with Gasteiger partial charge in [0.05, 0.1) is 9.40 Å². The van der Waals surface area contributed by atoms with Gasteiger partial charge in [-0.25, -0.2) is 0 Å². The van der Waals surface area contributed by atoms with E-state index >= 15 is 0 Å². The number of carbonyl (C=O) groups is 2. The van der Waals surface area contributed by atoms with E-state index in [2.05, 4.69) is 21.2 Å². The fourth-order valence-electron chi connectivity index (χ4n) is 2.32. The highest BCUT2D eigenvalue weighted by Crippen LogP contribution is 2.26. The first-order valence-corrected chi connectivity index (χ1v) is 7.27. The standard InChI is InChI=1S/C13H14BrN3O4/c1-2-10-12(18)15-5-6-16(10)13(19)8-3-4-9(14)11(7-8)17(20)21/h3-4,7,10H,2,5-6H2,1H3,(H,15,18). The Kier molecular flexibility index (Phi) is 4.56. The van der Waals surface area contributed by atoms with E-state index in [1.54, 1.807) is 0 Å². The van der Waals surface area contributed by atoms with Gasteiger partial charge >= 0.3 is 0 Å². The molecule has 0 spiro atoms. The Morgan fingerprint density at radius 3 is 2.90 bits per heavy atom. The molecule has 1 aliphatic heterocycles. The molecule has 8 heteroatoms. The topological polar surface area (TPSA) is 92.6 Å². The first kappa shape index (κ1) is 15.4. The van der Waals surface area contributed by atoms with Gasteiger partial charge in [-0.15, -0.1) is 0 Å². The van der Waals surface area contributed by atoms with Crippen LogP contribution >= 0.6 is 15.9 Å². The highest BCUT2D eigenvalue weighted by molar-refractivity contribution is 9.10. The summed E-state index contributed by atoms with van der Waals surface area (Å²) < 4.78 is 0.312. The molecule has 0 radical (unpaired) electrons. The van der Waals surface area contributed by atoms with Crippen LogP contribution < -0.4 is 5.32 Å². The predicted octanol–water partition coefficient (Wildman–Crippen LogP) is 1.71. The molecule has 0 aliphatic carbocycles. The number of nitro benzene ring substituents is 1. The number of benzene rings is 1. The zero-order chi connectivity index (χ0) is 15.6. The van der Waals surface area contributed by atoms with E-state index in [4.69, 9.17) is 0 Å². The third-order valence-electron chi connectivity index (χ3n) is 3.37. The zero-order valence-corrected chi connectivity index (χ0v) is 12.9. The minimum Gasteiger partial charge on any atom is -0.353 e. The Bertz CT molecular complexity index is 605. The van der Waals surface area contributed by atoms with E-state index in [1.807, 2.05) is 6.92 Å². The smallest absolute Gasteiger partial charge is 0.284 e. The molecule has 0 saturated carbocycles. The first-order chi connectivity index (χ1) is 9.95. The van der Waals surface area contributed by atoms with Gasteiger partial charge in [0.1, 0.15) is 6.04 Å². The largest absolute Gasteiger partial charge is 0.353 e. The van der Waals surface area contributed by atoms with Crippen LogP contribution in [0.1, 0.15) is 23.7 Å². The highest BCUT2D eigenvalue weighted by Gasteiger charge is 2.32. The van der Waals surface area contributed by atoms with Gasteiger partial charge in [-0.3, -0.25) is 19.7 Å². The minimum absolute atomic E-state index is 0.171. The molecule has 1 aliphatic rings. The van der Waals surface area contributed by atoms with Crippen LogP contribution in [0.4, 0.5) is 5.69 Å². The van der Waals surface area contributed by atoms with Gasteiger partial charge in [0.2, 0.25) is 5.91 Å². The van der Waals surface area contributed by atoms with E-state index in [-0.39, 0.29) is 23.1 Å². The van der Waals surface area contributed by atoms with Crippen molar-refractivity contribution in [1.29, 1.82) is 0 Å². The lowest BCUT2D eigenvalue weighted by Gasteiger charge is -2.34. The Hall–Kier alpha value is -1.96. The molecule has 1 heterocycles. The van der Waals surface area contributed by atoms with E-state index in [0.29, 0.717) is 24.0 Å². The number of hydrogen-bond donors (Lipinski definition) is 1. The Morgan fingerprint density at radius 1 is 1.57 bits per heavy atom. The Balaban J connectivity index is 2.33. The molecule has 1 fully saturated rings. The third kappa shape index (κ3) is 3.05. The fourth-order valence-corrected chi connectivity index (χ4v) is 2.71. The molecule has 1 saturated heterocycles. The van der Waals surface area contributed by atoms with Crippen LogP contribution in [0.3, 0.4) is 0 Å². The van der Waals surface area contributed by atoms with Crippen molar-refractivity contribution in [3.63, 3.8) is 0 Å². The number of piperazine rings is 1. The fraction of sp³-hybridized carbons (Fsp3) is 0.385. The molecule has 0 bridgehead atoms. The molecule has 21 heavy (non-hydrogen) atoms. The molecule has 1 unspecified atom stereocenters. The summed E-state index contributed by atoms with van der Waals surface area (Å²) in [6, 6.07) is 3.68. The number of nitro groups is 1. The van der Waals surface area contributed by atoms with Crippen LogP contribution in [0.5, 0.6) is 0 Å². The van der Waals surface area contributed by atoms with Gasteiger partial charge in [0, 0.05) is 24.7 Å². The van der Waals surface area contributed by atoms with Crippen LogP contribution in [0.2, 0.25) is 0 Å². The number of rotatable bonds is 3. The van der Waals surface area contributed by atoms with Gasteiger partial charge in [-0.2, -0.15) is 0 Å². The lowest BCUT2D eigenvalue weighted by atomic mass is 10.1. The quantitative estimate of drug-likeness (QED) is 0.659. The maximum Gasteiger partial charge on any atom is 0.284 e. The SMILES string of the molecule is CCC1C(=O)NCCN1C(=O)c1ccc(Br)c([N+](=O)[O-])c1. The molecule has 1 aromatic rings. The van der Waals surface area contributed by atoms with Gasteiger partial charge in [0.25, 0.3) is 11.6 Å². The number of carbonyl (C=O) groups excluding carboxylic acids is 2. The summed E-state index contributed by atoms with van der Waals surface area (Å²) in [5.41, 5.74) is 0.0356. The van der Waals surface area contributed by atoms with Gasteiger partial charge in [0.15, 0.2) is 0 Å². The third-order valence-corrected chi connectivity index (χ3v) is 4.04. The van der Waals surface area contributed by atoms with Crippen molar-refractivity contribution in [2.75, 3.05) is 13.1 Å². The van der Waals surface area contributed by atoms with Crippen molar-refractivity contribution in [3.8, 4) is 0 Å². The molecule has 1 aromatic carbocycles.